The molecule has 0 N–H and O–H groups in total. The maximum atomic E-state index is 12.5. The van der Waals surface area contributed by atoms with Crippen molar-refractivity contribution in [3.05, 3.63) is 36.7 Å². The van der Waals surface area contributed by atoms with Crippen molar-refractivity contribution in [2.24, 2.45) is 0 Å². The monoisotopic (exact) mass is 314 g/mol. The van der Waals surface area contributed by atoms with Crippen molar-refractivity contribution < 1.29 is 9.53 Å². The van der Waals surface area contributed by atoms with Gasteiger partial charge in [-0.25, -0.2) is 4.68 Å². The molecule has 1 aromatic carbocycles. The van der Waals surface area contributed by atoms with Crippen molar-refractivity contribution in [2.45, 2.75) is 38.7 Å². The molecule has 1 saturated heterocycles. The van der Waals surface area contributed by atoms with Crippen LogP contribution in [-0.4, -0.2) is 44.8 Å². The molecule has 0 bridgehead atoms. The van der Waals surface area contributed by atoms with Gasteiger partial charge in [0.25, 0.3) is 5.91 Å². The molecule has 1 aromatic heterocycles. The minimum Gasteiger partial charge on any atom is -0.449 e. The maximum absolute atomic E-state index is 12.5. The lowest BCUT2D eigenvalue weighted by molar-refractivity contribution is -0.138. The Balaban J connectivity index is 1.62. The molecule has 6 heteroatoms. The van der Waals surface area contributed by atoms with Crippen LogP contribution in [0.4, 0.5) is 0 Å². The van der Waals surface area contributed by atoms with Crippen molar-refractivity contribution in [1.82, 2.24) is 19.7 Å². The second-order valence-corrected chi connectivity index (χ2v) is 5.81. The molecule has 1 atom stereocenters. The molecule has 0 spiro atoms. The first-order valence-corrected chi connectivity index (χ1v) is 8.16. The van der Waals surface area contributed by atoms with Gasteiger partial charge in [0.05, 0.1) is 5.69 Å². The summed E-state index contributed by atoms with van der Waals surface area (Å²) in [5.74, 6) is 0.0166. The predicted octanol–water partition coefficient (Wildman–Crippen LogP) is 2.44. The van der Waals surface area contributed by atoms with Crippen LogP contribution in [0.3, 0.4) is 0 Å². The Morgan fingerprint density at radius 1 is 1.13 bits per heavy atom. The number of benzene rings is 1. The molecule has 6 nitrogen and oxygen atoms in total. The molecule has 122 valence electrons. The molecule has 2 aromatic rings. The van der Waals surface area contributed by atoms with Gasteiger partial charge < -0.3 is 9.64 Å². The Hall–Kier alpha value is -2.37. The van der Waals surface area contributed by atoms with Crippen LogP contribution in [0.1, 0.15) is 32.6 Å². The number of carbonyl (C=O) groups is 1. The van der Waals surface area contributed by atoms with E-state index in [1.807, 2.05) is 35.2 Å². The van der Waals surface area contributed by atoms with E-state index in [1.54, 1.807) is 17.9 Å². The van der Waals surface area contributed by atoms with Gasteiger partial charge in [-0.15, -0.1) is 5.10 Å². The van der Waals surface area contributed by atoms with Crippen LogP contribution < -0.4 is 4.74 Å². The van der Waals surface area contributed by atoms with Crippen LogP contribution in [0.5, 0.6) is 6.01 Å². The number of hydrogen-bond donors (Lipinski definition) is 0. The molecular formula is C17H22N4O2. The third-order valence-corrected chi connectivity index (χ3v) is 4.04. The summed E-state index contributed by atoms with van der Waals surface area (Å²) in [7, 11) is 0. The van der Waals surface area contributed by atoms with Gasteiger partial charge in [-0.05, 0) is 31.9 Å². The summed E-state index contributed by atoms with van der Waals surface area (Å²) in [4.78, 5) is 18.5. The molecule has 1 unspecified atom stereocenters. The highest BCUT2D eigenvalue weighted by atomic mass is 16.5. The molecule has 1 aliphatic rings. The number of para-hydroxylation sites is 1. The third-order valence-electron chi connectivity index (χ3n) is 4.04. The molecule has 0 saturated carbocycles. The number of likely N-dealkylation sites (tertiary alicyclic amines) is 1. The fourth-order valence-electron chi connectivity index (χ4n) is 2.76. The third kappa shape index (κ3) is 3.88. The quantitative estimate of drug-likeness (QED) is 0.869. The van der Waals surface area contributed by atoms with Crippen molar-refractivity contribution in [2.75, 3.05) is 13.1 Å². The maximum Gasteiger partial charge on any atom is 0.336 e. The molecule has 23 heavy (non-hydrogen) atoms. The Labute approximate surface area is 136 Å². The zero-order valence-corrected chi connectivity index (χ0v) is 13.4. The summed E-state index contributed by atoms with van der Waals surface area (Å²) < 4.78 is 7.28. The van der Waals surface area contributed by atoms with Gasteiger partial charge in [0.1, 0.15) is 6.33 Å². The second-order valence-electron chi connectivity index (χ2n) is 5.81. The first kappa shape index (κ1) is 15.5. The summed E-state index contributed by atoms with van der Waals surface area (Å²) in [6, 6.07) is 9.91. The van der Waals surface area contributed by atoms with Crippen LogP contribution >= 0.6 is 0 Å². The van der Waals surface area contributed by atoms with Crippen LogP contribution in [0.2, 0.25) is 0 Å². The van der Waals surface area contributed by atoms with E-state index in [0.29, 0.717) is 0 Å². The summed E-state index contributed by atoms with van der Waals surface area (Å²) in [6.07, 6.45) is 5.55. The van der Waals surface area contributed by atoms with Crippen molar-refractivity contribution in [1.29, 1.82) is 0 Å². The first-order valence-electron chi connectivity index (χ1n) is 8.16. The highest BCUT2D eigenvalue weighted by molar-refractivity contribution is 5.80. The standard InChI is InChI=1S/C17H22N4O2/c1-14(16(22)20-11-7-2-3-8-12-20)23-17-18-13-21(19-17)15-9-5-4-6-10-15/h4-6,9-10,13-14H,2-3,7-8,11-12H2,1H3. The normalized spacial score (nSPS) is 16.7. The van der Waals surface area contributed by atoms with E-state index >= 15 is 0 Å². The van der Waals surface area contributed by atoms with Gasteiger partial charge in [0.15, 0.2) is 6.10 Å². The van der Waals surface area contributed by atoms with Crippen LogP contribution in [0.15, 0.2) is 36.7 Å². The molecule has 1 aliphatic heterocycles. The number of carbonyl (C=O) groups excluding carboxylic acids is 1. The average molecular weight is 314 g/mol. The Morgan fingerprint density at radius 3 is 2.52 bits per heavy atom. The zero-order valence-electron chi connectivity index (χ0n) is 13.4. The lowest BCUT2D eigenvalue weighted by atomic mass is 10.2. The SMILES string of the molecule is CC(Oc1ncn(-c2ccccc2)n1)C(=O)N1CCCCCC1. The van der Waals surface area contributed by atoms with Crippen molar-refractivity contribution in [3.63, 3.8) is 0 Å². The van der Waals surface area contributed by atoms with E-state index in [2.05, 4.69) is 10.1 Å². The summed E-state index contributed by atoms with van der Waals surface area (Å²) in [5, 5.41) is 4.28. The lowest BCUT2D eigenvalue weighted by Gasteiger charge is -2.23. The van der Waals surface area contributed by atoms with E-state index in [1.165, 1.54) is 12.8 Å². The van der Waals surface area contributed by atoms with Gasteiger partial charge in [0, 0.05) is 13.1 Å². The molecule has 1 fully saturated rings. The van der Waals surface area contributed by atoms with Gasteiger partial charge >= 0.3 is 6.01 Å². The summed E-state index contributed by atoms with van der Waals surface area (Å²) in [5.41, 5.74) is 0.904. The van der Waals surface area contributed by atoms with Gasteiger partial charge in [-0.3, -0.25) is 4.79 Å². The first-order chi connectivity index (χ1) is 11.2. The van der Waals surface area contributed by atoms with Gasteiger partial charge in [-0.2, -0.15) is 4.98 Å². The Kier molecular flexibility index (Phi) is 4.90. The van der Waals surface area contributed by atoms with Crippen LogP contribution in [-0.2, 0) is 4.79 Å². The second kappa shape index (κ2) is 7.26. The van der Waals surface area contributed by atoms with E-state index in [4.69, 9.17) is 4.74 Å². The molecule has 1 amide bonds. The lowest BCUT2D eigenvalue weighted by Crippen LogP contribution is -2.41. The van der Waals surface area contributed by atoms with E-state index < -0.39 is 6.10 Å². The van der Waals surface area contributed by atoms with E-state index in [-0.39, 0.29) is 11.9 Å². The number of nitrogens with zero attached hydrogens (tertiary/aromatic N) is 4. The number of ether oxygens (including phenoxy) is 1. The van der Waals surface area contributed by atoms with Crippen LogP contribution in [0.25, 0.3) is 5.69 Å². The summed E-state index contributed by atoms with van der Waals surface area (Å²) >= 11 is 0. The highest BCUT2D eigenvalue weighted by Crippen LogP contribution is 2.14. The van der Waals surface area contributed by atoms with Gasteiger partial charge in [-0.1, -0.05) is 31.0 Å². The number of aromatic nitrogens is 3. The number of rotatable bonds is 4. The Bertz CT molecular complexity index is 633. The minimum absolute atomic E-state index is 0.0166. The van der Waals surface area contributed by atoms with Crippen molar-refractivity contribution in [3.8, 4) is 11.7 Å². The molecule has 0 aliphatic carbocycles. The topological polar surface area (TPSA) is 60.2 Å². The number of hydrogen-bond acceptors (Lipinski definition) is 4. The van der Waals surface area contributed by atoms with E-state index in [0.717, 1.165) is 31.6 Å². The largest absolute Gasteiger partial charge is 0.449 e. The average Bonchev–Trinajstić information content (AvgIpc) is 2.88. The Morgan fingerprint density at radius 2 is 1.83 bits per heavy atom. The van der Waals surface area contributed by atoms with E-state index in [9.17, 15) is 4.79 Å². The zero-order chi connectivity index (χ0) is 16.1. The molecule has 0 radical (unpaired) electrons. The fourth-order valence-corrected chi connectivity index (χ4v) is 2.76. The summed E-state index contributed by atoms with van der Waals surface area (Å²) in [6.45, 7) is 3.40. The molecular weight excluding hydrogens is 292 g/mol. The molecule has 3 rings (SSSR count). The highest BCUT2D eigenvalue weighted by Gasteiger charge is 2.23. The minimum atomic E-state index is -0.570. The molecule has 2 heterocycles. The smallest absolute Gasteiger partial charge is 0.336 e. The van der Waals surface area contributed by atoms with Crippen molar-refractivity contribution >= 4 is 5.91 Å². The number of amides is 1. The predicted molar refractivity (Wildman–Crippen MR) is 86.5 cm³/mol. The fraction of sp³-hybridized carbons (Fsp3) is 0.471. The van der Waals surface area contributed by atoms with Gasteiger partial charge in [0.2, 0.25) is 0 Å². The van der Waals surface area contributed by atoms with Crippen LogP contribution in [0, 0.1) is 0 Å².